The minimum absolute atomic E-state index is 0.250. The second-order valence-electron chi connectivity index (χ2n) is 3.37. The van der Waals surface area contributed by atoms with Crippen LogP contribution in [0.3, 0.4) is 0 Å². The van der Waals surface area contributed by atoms with Crippen molar-refractivity contribution in [2.75, 3.05) is 6.61 Å². The smallest absolute Gasteiger partial charge is 0.0619 e. The van der Waals surface area contributed by atoms with Crippen molar-refractivity contribution in [1.82, 2.24) is 0 Å². The van der Waals surface area contributed by atoms with E-state index in [4.69, 9.17) is 5.11 Å². The summed E-state index contributed by atoms with van der Waals surface area (Å²) in [5.41, 5.74) is -0.321. The number of hydrogen-bond donors (Lipinski definition) is 2. The molecule has 0 bridgehead atoms. The molecule has 0 unspecified atom stereocenters. The molecule has 0 spiro atoms. The van der Waals surface area contributed by atoms with Crippen LogP contribution in [0.2, 0.25) is 0 Å². The number of aliphatic hydroxyl groups excluding tert-OH is 1. The van der Waals surface area contributed by atoms with Crippen molar-refractivity contribution in [3.05, 3.63) is 0 Å². The quantitative estimate of drug-likeness (QED) is 0.566. The number of hydrogen-bond acceptors (Lipinski definition) is 2. The summed E-state index contributed by atoms with van der Waals surface area (Å²) < 4.78 is 0. The van der Waals surface area contributed by atoms with Crippen molar-refractivity contribution in [1.29, 1.82) is 0 Å². The van der Waals surface area contributed by atoms with Crippen LogP contribution in [0, 0.1) is 0 Å². The molecule has 0 aliphatic heterocycles. The molecule has 0 radical (unpaired) electrons. The highest BCUT2D eigenvalue weighted by Crippen LogP contribution is 2.26. The van der Waals surface area contributed by atoms with Gasteiger partial charge in [0.2, 0.25) is 0 Å². The first-order valence-electron chi connectivity index (χ1n) is 4.45. The van der Waals surface area contributed by atoms with Gasteiger partial charge in [-0.2, -0.15) is 0 Å². The molecular weight excluding hydrogens is 140 g/mol. The fourth-order valence-electron chi connectivity index (χ4n) is 1.31. The third-order valence-electron chi connectivity index (χ3n) is 1.93. The van der Waals surface area contributed by atoms with Gasteiger partial charge >= 0.3 is 0 Å². The molecule has 11 heavy (non-hydrogen) atoms. The lowest BCUT2D eigenvalue weighted by Gasteiger charge is -2.27. The maximum Gasteiger partial charge on any atom is 0.0619 e. The number of rotatable bonds is 0. The molecule has 0 amide bonds. The minimum Gasteiger partial charge on any atom is -0.397 e. The molecule has 0 atom stereocenters. The van der Waals surface area contributed by atoms with Gasteiger partial charge in [-0.15, -0.1) is 0 Å². The van der Waals surface area contributed by atoms with E-state index in [2.05, 4.69) is 0 Å². The van der Waals surface area contributed by atoms with E-state index < -0.39 is 0 Å². The van der Waals surface area contributed by atoms with Gasteiger partial charge in [0, 0.05) is 6.61 Å². The van der Waals surface area contributed by atoms with Crippen molar-refractivity contribution >= 4 is 0 Å². The fraction of sp³-hybridized carbons (Fsp3) is 1.00. The van der Waals surface area contributed by atoms with E-state index in [1.54, 1.807) is 6.92 Å². The third kappa shape index (κ3) is 6.32. The zero-order valence-electron chi connectivity index (χ0n) is 7.64. The summed E-state index contributed by atoms with van der Waals surface area (Å²) in [6, 6.07) is 0. The van der Waals surface area contributed by atoms with E-state index in [-0.39, 0.29) is 12.2 Å². The number of aliphatic hydroxyl groups is 2. The van der Waals surface area contributed by atoms with E-state index in [1.807, 2.05) is 6.92 Å². The Bertz CT molecular complexity index is 81.6. The molecule has 1 rings (SSSR count). The summed E-state index contributed by atoms with van der Waals surface area (Å²) in [5.74, 6) is 0. The zero-order valence-corrected chi connectivity index (χ0v) is 7.64. The molecule has 2 N–H and O–H groups in total. The summed E-state index contributed by atoms with van der Waals surface area (Å²) >= 11 is 0. The molecule has 0 aromatic rings. The Hall–Kier alpha value is -0.0800. The molecule has 2 nitrogen and oxygen atoms in total. The molecule has 0 aromatic carbocycles. The highest BCUT2D eigenvalue weighted by atomic mass is 16.3. The van der Waals surface area contributed by atoms with Crippen LogP contribution in [0.1, 0.15) is 46.0 Å². The van der Waals surface area contributed by atoms with E-state index in [9.17, 15) is 5.11 Å². The van der Waals surface area contributed by atoms with Gasteiger partial charge in [0.15, 0.2) is 0 Å². The predicted octanol–water partition coefficient (Wildman–Crippen LogP) is 1.70. The summed E-state index contributed by atoms with van der Waals surface area (Å²) in [7, 11) is 0. The van der Waals surface area contributed by atoms with Crippen LogP contribution >= 0.6 is 0 Å². The van der Waals surface area contributed by atoms with Crippen LogP contribution in [0.5, 0.6) is 0 Å². The molecule has 0 saturated heterocycles. The van der Waals surface area contributed by atoms with Crippen LogP contribution in [0.25, 0.3) is 0 Å². The summed E-state index contributed by atoms with van der Waals surface area (Å²) in [5, 5.41) is 16.9. The highest BCUT2D eigenvalue weighted by molar-refractivity contribution is 4.76. The third-order valence-corrected chi connectivity index (χ3v) is 1.93. The van der Waals surface area contributed by atoms with Crippen LogP contribution in [0.15, 0.2) is 0 Å². The molecule has 2 heteroatoms. The Labute approximate surface area is 69.2 Å². The lowest BCUT2D eigenvalue weighted by Crippen LogP contribution is -2.26. The van der Waals surface area contributed by atoms with E-state index >= 15 is 0 Å². The lowest BCUT2D eigenvalue weighted by molar-refractivity contribution is 0.0225. The summed E-state index contributed by atoms with van der Waals surface area (Å²) in [6.45, 7) is 3.87. The first kappa shape index (κ1) is 10.9. The van der Waals surface area contributed by atoms with Crippen molar-refractivity contribution in [3.8, 4) is 0 Å². The van der Waals surface area contributed by atoms with Gasteiger partial charge in [-0.25, -0.2) is 0 Å². The first-order chi connectivity index (χ1) is 5.12. The molecule has 1 saturated carbocycles. The van der Waals surface area contributed by atoms with Gasteiger partial charge in [-0.05, 0) is 26.7 Å². The molecule has 0 aromatic heterocycles. The van der Waals surface area contributed by atoms with Crippen LogP contribution < -0.4 is 0 Å². The van der Waals surface area contributed by atoms with E-state index in [0.717, 1.165) is 12.8 Å². The Kier molecular flexibility index (Phi) is 5.51. The van der Waals surface area contributed by atoms with Gasteiger partial charge in [0.1, 0.15) is 0 Å². The second kappa shape index (κ2) is 5.56. The summed E-state index contributed by atoms with van der Waals surface area (Å²) in [4.78, 5) is 0. The van der Waals surface area contributed by atoms with Crippen molar-refractivity contribution < 1.29 is 10.2 Å². The molecule has 0 heterocycles. The highest BCUT2D eigenvalue weighted by Gasteiger charge is 2.22. The van der Waals surface area contributed by atoms with Crippen LogP contribution in [-0.2, 0) is 0 Å². The van der Waals surface area contributed by atoms with E-state index in [0.29, 0.717) is 0 Å². The van der Waals surface area contributed by atoms with Gasteiger partial charge in [-0.3, -0.25) is 0 Å². The zero-order chi connectivity index (χ0) is 8.74. The van der Waals surface area contributed by atoms with Gasteiger partial charge in [0.25, 0.3) is 0 Å². The van der Waals surface area contributed by atoms with Gasteiger partial charge in [-0.1, -0.05) is 19.3 Å². The van der Waals surface area contributed by atoms with Gasteiger partial charge < -0.3 is 10.2 Å². The molecule has 1 aliphatic rings. The second-order valence-corrected chi connectivity index (χ2v) is 3.37. The predicted molar refractivity (Wildman–Crippen MR) is 46.5 cm³/mol. The van der Waals surface area contributed by atoms with Crippen LogP contribution in [-0.4, -0.2) is 22.4 Å². The fourth-order valence-corrected chi connectivity index (χ4v) is 1.31. The first-order valence-corrected chi connectivity index (χ1v) is 4.45. The normalized spacial score (nSPS) is 21.8. The summed E-state index contributed by atoms with van der Waals surface area (Å²) in [6.07, 6.45) is 5.76. The molecule has 1 fully saturated rings. The minimum atomic E-state index is -0.321. The monoisotopic (exact) mass is 160 g/mol. The maximum atomic E-state index is 9.37. The van der Waals surface area contributed by atoms with Crippen molar-refractivity contribution in [2.45, 2.75) is 51.6 Å². The lowest BCUT2D eigenvalue weighted by atomic mass is 9.87. The molecule has 68 valence electrons. The largest absolute Gasteiger partial charge is 0.397 e. The standard InChI is InChI=1S/C7H14O.C2H6O/c1-7(8)5-3-2-4-6-7;1-2-3/h8H,2-6H2,1H3;3H,2H2,1H3. The Morgan fingerprint density at radius 2 is 1.55 bits per heavy atom. The SMILES string of the molecule is CC1(O)CCCCC1.CCO. The van der Waals surface area contributed by atoms with Crippen LogP contribution in [0.4, 0.5) is 0 Å². The molecule has 1 aliphatic carbocycles. The molecular formula is C9H20O2. The van der Waals surface area contributed by atoms with E-state index in [1.165, 1.54) is 19.3 Å². The Morgan fingerprint density at radius 1 is 1.18 bits per heavy atom. The average Bonchev–Trinajstić information content (AvgIpc) is 1.88. The maximum absolute atomic E-state index is 9.37. The van der Waals surface area contributed by atoms with Gasteiger partial charge in [0.05, 0.1) is 5.60 Å². The topological polar surface area (TPSA) is 40.5 Å². The average molecular weight is 160 g/mol. The van der Waals surface area contributed by atoms with Crippen molar-refractivity contribution in [2.24, 2.45) is 0 Å². The van der Waals surface area contributed by atoms with Crippen molar-refractivity contribution in [3.63, 3.8) is 0 Å². The Morgan fingerprint density at radius 3 is 1.73 bits per heavy atom. The Balaban J connectivity index is 0.000000292.